The van der Waals surface area contributed by atoms with Crippen molar-refractivity contribution in [2.24, 2.45) is 0 Å². The molecule has 5 nitrogen and oxygen atoms in total. The Morgan fingerprint density at radius 2 is 1.88 bits per heavy atom. The van der Waals surface area contributed by atoms with Gasteiger partial charge in [0.15, 0.2) is 0 Å². The molecule has 1 aromatic heterocycles. The molecule has 6 heteroatoms. The lowest BCUT2D eigenvalue weighted by Crippen LogP contribution is -2.48. The third-order valence-corrected chi connectivity index (χ3v) is 4.71. The first kappa shape index (κ1) is 17.0. The quantitative estimate of drug-likeness (QED) is 0.852. The highest BCUT2D eigenvalue weighted by Gasteiger charge is 2.27. The molecule has 0 spiro atoms. The normalized spacial score (nSPS) is 15.7. The topological polar surface area (TPSA) is 49.6 Å². The largest absolute Gasteiger partial charge is 0.361 e. The van der Waals surface area contributed by atoms with Gasteiger partial charge in [-0.1, -0.05) is 35.8 Å². The van der Waals surface area contributed by atoms with Crippen molar-refractivity contribution in [1.29, 1.82) is 0 Å². The van der Waals surface area contributed by atoms with Crippen molar-refractivity contribution in [1.82, 2.24) is 15.0 Å². The van der Waals surface area contributed by atoms with E-state index in [4.69, 9.17) is 16.1 Å². The number of aryl methyl sites for hydroxylation is 2. The zero-order valence-corrected chi connectivity index (χ0v) is 14.8. The highest BCUT2D eigenvalue weighted by Crippen LogP contribution is 2.18. The van der Waals surface area contributed by atoms with Gasteiger partial charge in [-0.2, -0.15) is 0 Å². The average Bonchev–Trinajstić information content (AvgIpc) is 2.98. The van der Waals surface area contributed by atoms with E-state index in [0.29, 0.717) is 17.7 Å². The van der Waals surface area contributed by atoms with Gasteiger partial charge in [-0.3, -0.25) is 9.69 Å². The molecule has 0 N–H and O–H groups in total. The molecule has 1 aromatic carbocycles. The minimum absolute atomic E-state index is 0.0387. The van der Waals surface area contributed by atoms with Crippen molar-refractivity contribution in [2.45, 2.75) is 26.8 Å². The van der Waals surface area contributed by atoms with Crippen LogP contribution in [-0.4, -0.2) is 47.0 Å². The fourth-order valence-corrected chi connectivity index (χ4v) is 3.17. The van der Waals surface area contributed by atoms with Gasteiger partial charge in [0.05, 0.1) is 5.69 Å². The number of amides is 1. The van der Waals surface area contributed by atoms with E-state index in [0.717, 1.165) is 43.4 Å². The van der Waals surface area contributed by atoms with Crippen LogP contribution in [0.1, 0.15) is 34.3 Å². The fourth-order valence-electron chi connectivity index (χ4n) is 3.05. The molecule has 128 valence electrons. The summed E-state index contributed by atoms with van der Waals surface area (Å²) in [4.78, 5) is 17.0. The lowest BCUT2D eigenvalue weighted by atomic mass is 10.1. The van der Waals surface area contributed by atoms with Crippen LogP contribution in [0.15, 0.2) is 28.8 Å². The van der Waals surface area contributed by atoms with Crippen molar-refractivity contribution >= 4 is 17.5 Å². The predicted molar refractivity (Wildman–Crippen MR) is 93.3 cm³/mol. The van der Waals surface area contributed by atoms with Crippen LogP contribution in [0.4, 0.5) is 0 Å². The van der Waals surface area contributed by atoms with Crippen molar-refractivity contribution < 1.29 is 9.32 Å². The van der Waals surface area contributed by atoms with E-state index in [1.807, 2.05) is 36.1 Å². The zero-order chi connectivity index (χ0) is 17.1. The molecule has 0 saturated carbocycles. The molecule has 1 aliphatic rings. The summed E-state index contributed by atoms with van der Waals surface area (Å²) in [5.74, 6) is 0.650. The van der Waals surface area contributed by atoms with E-state index < -0.39 is 0 Å². The number of halogens is 1. The number of benzene rings is 1. The van der Waals surface area contributed by atoms with Crippen molar-refractivity contribution in [2.75, 3.05) is 26.2 Å². The Morgan fingerprint density at radius 3 is 2.50 bits per heavy atom. The Balaban J connectivity index is 1.59. The lowest BCUT2D eigenvalue weighted by Gasteiger charge is -2.34. The van der Waals surface area contributed by atoms with Crippen LogP contribution >= 0.6 is 11.6 Å². The van der Waals surface area contributed by atoms with Crippen LogP contribution in [0.3, 0.4) is 0 Å². The molecule has 0 bridgehead atoms. The van der Waals surface area contributed by atoms with E-state index in [1.165, 1.54) is 5.56 Å². The minimum Gasteiger partial charge on any atom is -0.361 e. The van der Waals surface area contributed by atoms with Crippen LogP contribution in [0.5, 0.6) is 0 Å². The molecule has 0 radical (unpaired) electrons. The highest BCUT2D eigenvalue weighted by molar-refractivity contribution is 6.30. The van der Waals surface area contributed by atoms with Crippen molar-refractivity contribution in [3.8, 4) is 0 Å². The fraction of sp³-hybridized carbons (Fsp3) is 0.444. The highest BCUT2D eigenvalue weighted by atomic mass is 35.5. The summed E-state index contributed by atoms with van der Waals surface area (Å²) in [6.45, 7) is 7.83. The van der Waals surface area contributed by atoms with Gasteiger partial charge in [0.25, 0.3) is 5.91 Å². The number of rotatable bonds is 4. The molecular formula is C18H22ClN3O2. The van der Waals surface area contributed by atoms with Gasteiger partial charge < -0.3 is 9.42 Å². The molecule has 3 rings (SSSR count). The summed E-state index contributed by atoms with van der Waals surface area (Å²) >= 11 is 5.92. The number of hydrogen-bond acceptors (Lipinski definition) is 4. The van der Waals surface area contributed by atoms with Crippen LogP contribution in [0.25, 0.3) is 0 Å². The Morgan fingerprint density at radius 1 is 1.21 bits per heavy atom. The molecule has 2 aromatic rings. The van der Waals surface area contributed by atoms with Gasteiger partial charge in [-0.05, 0) is 31.0 Å². The second-order valence-electron chi connectivity index (χ2n) is 6.11. The molecule has 1 saturated heterocycles. The Labute approximate surface area is 147 Å². The maximum absolute atomic E-state index is 12.8. The van der Waals surface area contributed by atoms with Crippen LogP contribution in [0.2, 0.25) is 5.02 Å². The van der Waals surface area contributed by atoms with E-state index in [1.54, 1.807) is 6.92 Å². The molecule has 1 aliphatic heterocycles. The molecule has 1 fully saturated rings. The third-order valence-electron chi connectivity index (χ3n) is 4.46. The van der Waals surface area contributed by atoms with Crippen molar-refractivity contribution in [3.63, 3.8) is 0 Å². The van der Waals surface area contributed by atoms with Gasteiger partial charge in [0, 0.05) is 37.7 Å². The predicted octanol–water partition coefficient (Wildman–Crippen LogP) is 3.16. The Bertz CT molecular complexity index is 704. The summed E-state index contributed by atoms with van der Waals surface area (Å²) in [6.07, 6.45) is 0.703. The zero-order valence-electron chi connectivity index (χ0n) is 14.1. The van der Waals surface area contributed by atoms with Crippen LogP contribution in [0, 0.1) is 6.92 Å². The summed E-state index contributed by atoms with van der Waals surface area (Å²) in [7, 11) is 0. The number of piperazine rings is 1. The summed E-state index contributed by atoms with van der Waals surface area (Å²) in [6, 6.07) is 7.93. The SMILES string of the molecule is CCc1noc(C)c1C(=O)N1CCN(Cc2ccc(Cl)cc2)CC1. The number of hydrogen-bond donors (Lipinski definition) is 0. The maximum atomic E-state index is 12.8. The van der Waals surface area contributed by atoms with E-state index in [9.17, 15) is 4.79 Å². The number of carbonyl (C=O) groups excluding carboxylic acids is 1. The lowest BCUT2D eigenvalue weighted by molar-refractivity contribution is 0.0626. The first-order valence-corrected chi connectivity index (χ1v) is 8.67. The monoisotopic (exact) mass is 347 g/mol. The molecular weight excluding hydrogens is 326 g/mol. The van der Waals surface area contributed by atoms with Crippen LogP contribution in [-0.2, 0) is 13.0 Å². The Hall–Kier alpha value is -1.85. The molecule has 1 amide bonds. The van der Waals surface area contributed by atoms with Crippen molar-refractivity contribution in [3.05, 3.63) is 51.9 Å². The third kappa shape index (κ3) is 3.62. The van der Waals surface area contributed by atoms with Gasteiger partial charge in [0.1, 0.15) is 11.3 Å². The summed E-state index contributed by atoms with van der Waals surface area (Å²) in [5, 5.41) is 4.74. The van der Waals surface area contributed by atoms with Gasteiger partial charge in [-0.25, -0.2) is 0 Å². The molecule has 0 atom stereocenters. The van der Waals surface area contributed by atoms with E-state index >= 15 is 0 Å². The first-order valence-electron chi connectivity index (χ1n) is 8.29. The average molecular weight is 348 g/mol. The Kier molecular flexibility index (Phi) is 5.21. The second kappa shape index (κ2) is 7.36. The number of nitrogens with zero attached hydrogens (tertiary/aromatic N) is 3. The van der Waals surface area contributed by atoms with Gasteiger partial charge in [-0.15, -0.1) is 0 Å². The number of aromatic nitrogens is 1. The first-order chi connectivity index (χ1) is 11.6. The molecule has 0 aliphatic carbocycles. The van der Waals surface area contributed by atoms with Gasteiger partial charge >= 0.3 is 0 Å². The maximum Gasteiger partial charge on any atom is 0.259 e. The van der Waals surface area contributed by atoms with Crippen LogP contribution < -0.4 is 0 Å². The summed E-state index contributed by atoms with van der Waals surface area (Å²) in [5.41, 5.74) is 2.63. The molecule has 0 unspecified atom stereocenters. The number of carbonyl (C=O) groups is 1. The van der Waals surface area contributed by atoms with E-state index in [-0.39, 0.29) is 5.91 Å². The summed E-state index contributed by atoms with van der Waals surface area (Å²) < 4.78 is 5.19. The van der Waals surface area contributed by atoms with Gasteiger partial charge in [0.2, 0.25) is 0 Å². The minimum atomic E-state index is 0.0387. The smallest absolute Gasteiger partial charge is 0.259 e. The molecule has 2 heterocycles. The molecule has 24 heavy (non-hydrogen) atoms. The standard InChI is InChI=1S/C18H22ClN3O2/c1-3-16-17(13(2)24-20-16)18(23)22-10-8-21(9-11-22)12-14-4-6-15(19)7-5-14/h4-7H,3,8-12H2,1-2H3. The second-order valence-corrected chi connectivity index (χ2v) is 6.55. The van der Waals surface area contributed by atoms with E-state index in [2.05, 4.69) is 10.1 Å².